The summed E-state index contributed by atoms with van der Waals surface area (Å²) in [6, 6.07) is 14.8. The van der Waals surface area contributed by atoms with E-state index in [0.29, 0.717) is 31.2 Å². The number of aliphatic imine (C=N–C) groups is 1. The van der Waals surface area contributed by atoms with Crippen LogP contribution in [0.2, 0.25) is 0 Å². The monoisotopic (exact) mass is 498 g/mol. The molecule has 0 aromatic heterocycles. The SMILES string of the molecule is CN=C(NCCNC(=O)c1ccc(OC)cc1)NCc1cccc(OC)c1.I. The van der Waals surface area contributed by atoms with Crippen molar-refractivity contribution in [2.45, 2.75) is 6.54 Å². The molecule has 0 unspecified atom stereocenters. The van der Waals surface area contributed by atoms with Crippen LogP contribution in [0.15, 0.2) is 53.5 Å². The van der Waals surface area contributed by atoms with Crippen molar-refractivity contribution in [1.29, 1.82) is 0 Å². The van der Waals surface area contributed by atoms with Crippen LogP contribution in [0.5, 0.6) is 11.5 Å². The molecule has 0 atom stereocenters. The molecule has 0 bridgehead atoms. The molecule has 0 fully saturated rings. The molecule has 0 spiro atoms. The number of amides is 1. The number of carbonyl (C=O) groups excluding carboxylic acids is 1. The minimum Gasteiger partial charge on any atom is -0.497 e. The fourth-order valence-corrected chi connectivity index (χ4v) is 2.39. The third-order valence-electron chi connectivity index (χ3n) is 3.87. The van der Waals surface area contributed by atoms with Crippen LogP contribution >= 0.6 is 24.0 Å². The molecule has 1 amide bonds. The van der Waals surface area contributed by atoms with E-state index in [1.54, 1.807) is 45.5 Å². The van der Waals surface area contributed by atoms with Gasteiger partial charge in [0.25, 0.3) is 5.91 Å². The molecule has 0 heterocycles. The number of carbonyl (C=O) groups is 1. The van der Waals surface area contributed by atoms with E-state index in [2.05, 4.69) is 20.9 Å². The van der Waals surface area contributed by atoms with Crippen molar-refractivity contribution < 1.29 is 14.3 Å². The van der Waals surface area contributed by atoms with Crippen LogP contribution < -0.4 is 25.4 Å². The lowest BCUT2D eigenvalue weighted by Gasteiger charge is -2.13. The van der Waals surface area contributed by atoms with Crippen LogP contribution in [0.1, 0.15) is 15.9 Å². The lowest BCUT2D eigenvalue weighted by atomic mass is 10.2. The quantitative estimate of drug-likeness (QED) is 0.226. The first-order chi connectivity index (χ1) is 13.2. The summed E-state index contributed by atoms with van der Waals surface area (Å²) in [6.45, 7) is 1.65. The Morgan fingerprint density at radius 3 is 2.25 bits per heavy atom. The molecule has 0 aliphatic heterocycles. The molecule has 0 saturated heterocycles. The predicted octanol–water partition coefficient (Wildman–Crippen LogP) is 2.42. The second-order valence-electron chi connectivity index (χ2n) is 5.69. The van der Waals surface area contributed by atoms with Crippen molar-refractivity contribution in [2.24, 2.45) is 4.99 Å². The number of hydrogen-bond donors (Lipinski definition) is 3. The summed E-state index contributed by atoms with van der Waals surface area (Å²) in [4.78, 5) is 16.3. The molecule has 2 aromatic rings. The van der Waals surface area contributed by atoms with Crippen LogP contribution in [-0.2, 0) is 6.54 Å². The van der Waals surface area contributed by atoms with E-state index in [1.807, 2.05) is 24.3 Å². The summed E-state index contributed by atoms with van der Waals surface area (Å²) in [5.74, 6) is 2.08. The molecule has 0 saturated carbocycles. The summed E-state index contributed by atoms with van der Waals surface area (Å²) < 4.78 is 10.3. The Labute approximate surface area is 182 Å². The summed E-state index contributed by atoms with van der Waals surface area (Å²) in [6.07, 6.45) is 0. The van der Waals surface area contributed by atoms with E-state index in [4.69, 9.17) is 9.47 Å². The highest BCUT2D eigenvalue weighted by Crippen LogP contribution is 2.12. The van der Waals surface area contributed by atoms with E-state index >= 15 is 0 Å². The predicted molar refractivity (Wildman–Crippen MR) is 122 cm³/mol. The number of hydrogen-bond acceptors (Lipinski definition) is 4. The van der Waals surface area contributed by atoms with Gasteiger partial charge in [0.2, 0.25) is 0 Å². The fourth-order valence-electron chi connectivity index (χ4n) is 2.39. The number of nitrogens with one attached hydrogen (secondary N) is 3. The molecule has 8 heteroatoms. The highest BCUT2D eigenvalue weighted by molar-refractivity contribution is 14.0. The molecule has 2 rings (SSSR count). The first-order valence-corrected chi connectivity index (χ1v) is 8.66. The zero-order chi connectivity index (χ0) is 19.5. The standard InChI is InChI=1S/C20H26N4O3.HI/c1-21-20(24-14-15-5-4-6-18(13-15)27-3)23-12-11-22-19(25)16-7-9-17(26-2)10-8-16;/h4-10,13H,11-12,14H2,1-3H3,(H,22,25)(H2,21,23,24);1H. The average Bonchev–Trinajstić information content (AvgIpc) is 2.73. The van der Waals surface area contributed by atoms with Crippen molar-refractivity contribution in [3.8, 4) is 11.5 Å². The zero-order valence-electron chi connectivity index (χ0n) is 16.3. The van der Waals surface area contributed by atoms with Gasteiger partial charge in [-0.3, -0.25) is 9.79 Å². The topological polar surface area (TPSA) is 84.0 Å². The van der Waals surface area contributed by atoms with Gasteiger partial charge in [-0.25, -0.2) is 0 Å². The summed E-state index contributed by atoms with van der Waals surface area (Å²) in [5.41, 5.74) is 1.68. The van der Waals surface area contributed by atoms with E-state index in [0.717, 1.165) is 17.1 Å². The summed E-state index contributed by atoms with van der Waals surface area (Å²) in [7, 11) is 4.94. The normalized spacial score (nSPS) is 10.5. The van der Waals surface area contributed by atoms with Gasteiger partial charge in [0, 0.05) is 32.2 Å². The Kier molecular flexibility index (Phi) is 10.8. The third-order valence-corrected chi connectivity index (χ3v) is 3.87. The summed E-state index contributed by atoms with van der Waals surface area (Å²) in [5, 5.41) is 9.26. The largest absolute Gasteiger partial charge is 0.497 e. The van der Waals surface area contributed by atoms with Gasteiger partial charge in [-0.05, 0) is 42.0 Å². The van der Waals surface area contributed by atoms with Gasteiger partial charge < -0.3 is 25.4 Å². The Balaban J connectivity index is 0.00000392. The Hall–Kier alpha value is -2.49. The molecule has 0 aliphatic carbocycles. The second kappa shape index (κ2) is 12.8. The molecular weight excluding hydrogens is 471 g/mol. The molecule has 0 radical (unpaired) electrons. The number of halogens is 1. The third kappa shape index (κ3) is 7.63. The molecule has 0 aliphatic rings. The molecule has 28 heavy (non-hydrogen) atoms. The minimum absolute atomic E-state index is 0. The van der Waals surface area contributed by atoms with Crippen LogP contribution in [0.3, 0.4) is 0 Å². The van der Waals surface area contributed by atoms with Crippen molar-refractivity contribution >= 4 is 35.8 Å². The number of ether oxygens (including phenoxy) is 2. The van der Waals surface area contributed by atoms with Crippen LogP contribution in [-0.4, -0.2) is 46.2 Å². The van der Waals surface area contributed by atoms with Gasteiger partial charge in [0.05, 0.1) is 14.2 Å². The van der Waals surface area contributed by atoms with Gasteiger partial charge in [0.15, 0.2) is 5.96 Å². The lowest BCUT2D eigenvalue weighted by molar-refractivity contribution is 0.0954. The highest BCUT2D eigenvalue weighted by Gasteiger charge is 2.05. The molecule has 3 N–H and O–H groups in total. The van der Waals surface area contributed by atoms with Gasteiger partial charge >= 0.3 is 0 Å². The molecule has 2 aromatic carbocycles. The fraction of sp³-hybridized carbons (Fsp3) is 0.300. The number of methoxy groups -OCH3 is 2. The van der Waals surface area contributed by atoms with Gasteiger partial charge in [0.1, 0.15) is 11.5 Å². The molecule has 7 nitrogen and oxygen atoms in total. The molecular formula is C20H27IN4O3. The van der Waals surface area contributed by atoms with Crippen molar-refractivity contribution in [2.75, 3.05) is 34.4 Å². The second-order valence-corrected chi connectivity index (χ2v) is 5.69. The Bertz CT molecular complexity index is 766. The molecule has 152 valence electrons. The van der Waals surface area contributed by atoms with Gasteiger partial charge in [-0.15, -0.1) is 24.0 Å². The maximum Gasteiger partial charge on any atom is 0.251 e. The van der Waals surface area contributed by atoms with E-state index in [9.17, 15) is 4.79 Å². The maximum absolute atomic E-state index is 12.1. The Morgan fingerprint density at radius 1 is 0.929 bits per heavy atom. The number of benzene rings is 2. The van der Waals surface area contributed by atoms with Crippen molar-refractivity contribution in [3.63, 3.8) is 0 Å². The smallest absolute Gasteiger partial charge is 0.251 e. The first kappa shape index (κ1) is 23.5. The summed E-state index contributed by atoms with van der Waals surface area (Å²) >= 11 is 0. The van der Waals surface area contributed by atoms with Gasteiger partial charge in [-0.2, -0.15) is 0 Å². The van der Waals surface area contributed by atoms with Crippen molar-refractivity contribution in [3.05, 3.63) is 59.7 Å². The number of nitrogens with zero attached hydrogens (tertiary/aromatic N) is 1. The minimum atomic E-state index is -0.126. The first-order valence-electron chi connectivity index (χ1n) is 8.66. The van der Waals surface area contributed by atoms with Crippen molar-refractivity contribution in [1.82, 2.24) is 16.0 Å². The maximum atomic E-state index is 12.1. The van der Waals surface area contributed by atoms with Gasteiger partial charge in [-0.1, -0.05) is 12.1 Å². The van der Waals surface area contributed by atoms with Crippen LogP contribution in [0, 0.1) is 0 Å². The number of guanidine groups is 1. The van der Waals surface area contributed by atoms with E-state index < -0.39 is 0 Å². The van der Waals surface area contributed by atoms with Crippen LogP contribution in [0.4, 0.5) is 0 Å². The van der Waals surface area contributed by atoms with E-state index in [1.165, 1.54) is 0 Å². The van der Waals surface area contributed by atoms with Crippen LogP contribution in [0.25, 0.3) is 0 Å². The lowest BCUT2D eigenvalue weighted by Crippen LogP contribution is -2.41. The van der Waals surface area contributed by atoms with E-state index in [-0.39, 0.29) is 29.9 Å². The average molecular weight is 498 g/mol. The Morgan fingerprint density at radius 2 is 1.61 bits per heavy atom. The zero-order valence-corrected chi connectivity index (χ0v) is 18.7. The highest BCUT2D eigenvalue weighted by atomic mass is 127. The number of rotatable bonds is 8.